The molecule has 0 unspecified atom stereocenters. The van der Waals surface area contributed by atoms with Crippen molar-refractivity contribution in [3.63, 3.8) is 0 Å². The van der Waals surface area contributed by atoms with E-state index in [2.05, 4.69) is 20.5 Å². The monoisotopic (exact) mass is 377 g/mol. The summed E-state index contributed by atoms with van der Waals surface area (Å²) < 4.78 is 15.5. The summed E-state index contributed by atoms with van der Waals surface area (Å²) in [7, 11) is 1.72. The molecule has 2 aromatic heterocycles. The zero-order chi connectivity index (χ0) is 17.8. The topological polar surface area (TPSA) is 72.7 Å². The molecule has 3 rings (SSSR count). The Morgan fingerprint density at radius 2 is 2.08 bits per heavy atom. The molecule has 2 heterocycles. The number of carbonyl (C=O) groups excluding carboxylic acids is 1. The van der Waals surface area contributed by atoms with E-state index in [1.165, 1.54) is 24.0 Å². The lowest BCUT2D eigenvalue weighted by Gasteiger charge is -2.05. The van der Waals surface area contributed by atoms with E-state index in [4.69, 9.17) is 11.6 Å². The Hall–Kier alpha value is -2.45. The molecule has 25 heavy (non-hydrogen) atoms. The van der Waals surface area contributed by atoms with Crippen molar-refractivity contribution in [3.8, 4) is 11.4 Å². The van der Waals surface area contributed by atoms with Crippen molar-refractivity contribution in [1.82, 2.24) is 19.7 Å². The van der Waals surface area contributed by atoms with Crippen LogP contribution < -0.4 is 5.32 Å². The molecular formula is C16H13ClFN5OS. The lowest BCUT2D eigenvalue weighted by molar-refractivity contribution is -0.113. The molecule has 0 fully saturated rings. The largest absolute Gasteiger partial charge is 0.310 e. The number of thioether (sulfide) groups is 1. The molecule has 0 aliphatic carbocycles. The third-order valence-electron chi connectivity index (χ3n) is 3.28. The zero-order valence-corrected chi connectivity index (χ0v) is 14.7. The number of aromatic nitrogens is 4. The maximum Gasteiger partial charge on any atom is 0.236 e. The third kappa shape index (κ3) is 4.15. The molecule has 128 valence electrons. The number of pyridine rings is 1. The average molecular weight is 378 g/mol. The van der Waals surface area contributed by atoms with Gasteiger partial charge in [-0.25, -0.2) is 9.37 Å². The molecule has 1 N–H and O–H groups in total. The molecule has 0 spiro atoms. The average Bonchev–Trinajstić information content (AvgIpc) is 2.96. The second-order valence-corrected chi connectivity index (χ2v) is 6.42. The third-order valence-corrected chi connectivity index (χ3v) is 4.52. The van der Waals surface area contributed by atoms with Crippen LogP contribution in [0.4, 0.5) is 10.2 Å². The normalized spacial score (nSPS) is 10.7. The molecule has 1 aromatic carbocycles. The van der Waals surface area contributed by atoms with Crippen LogP contribution in [0, 0.1) is 5.82 Å². The quantitative estimate of drug-likeness (QED) is 0.690. The second-order valence-electron chi connectivity index (χ2n) is 5.04. The molecule has 0 saturated carbocycles. The highest BCUT2D eigenvalue weighted by Crippen LogP contribution is 2.24. The Morgan fingerprint density at radius 1 is 1.28 bits per heavy atom. The van der Waals surface area contributed by atoms with E-state index >= 15 is 0 Å². The molecule has 0 aliphatic heterocycles. The number of hydrogen-bond acceptors (Lipinski definition) is 5. The van der Waals surface area contributed by atoms with Gasteiger partial charge >= 0.3 is 0 Å². The number of hydrogen-bond donors (Lipinski definition) is 1. The Labute approximate surface area is 152 Å². The predicted molar refractivity (Wildman–Crippen MR) is 95.0 cm³/mol. The summed E-state index contributed by atoms with van der Waals surface area (Å²) >= 11 is 6.95. The summed E-state index contributed by atoms with van der Waals surface area (Å²) in [6.45, 7) is 0. The first-order valence-electron chi connectivity index (χ1n) is 7.23. The molecule has 6 nitrogen and oxygen atoms in total. The lowest BCUT2D eigenvalue weighted by atomic mass is 10.2. The van der Waals surface area contributed by atoms with Crippen LogP contribution in [0.2, 0.25) is 5.02 Å². The van der Waals surface area contributed by atoms with Crippen LogP contribution in [0.5, 0.6) is 0 Å². The fourth-order valence-corrected chi connectivity index (χ4v) is 2.90. The summed E-state index contributed by atoms with van der Waals surface area (Å²) in [5, 5.41) is 11.7. The van der Waals surface area contributed by atoms with Gasteiger partial charge in [-0.15, -0.1) is 10.2 Å². The molecule has 0 radical (unpaired) electrons. The van der Waals surface area contributed by atoms with Crippen LogP contribution in [-0.2, 0) is 11.8 Å². The standard InChI is InChI=1S/C16H13ClFN5OS/c1-23-15(11-4-2-3-5-12(11)18)21-22-16(23)25-9-14(24)20-13-7-6-10(17)8-19-13/h2-8H,9H2,1H3,(H,19,20,24). The highest BCUT2D eigenvalue weighted by Gasteiger charge is 2.15. The van der Waals surface area contributed by atoms with Crippen molar-refractivity contribution in [2.24, 2.45) is 7.05 Å². The van der Waals surface area contributed by atoms with E-state index in [1.807, 2.05) is 0 Å². The number of nitrogens with zero attached hydrogens (tertiary/aromatic N) is 4. The van der Waals surface area contributed by atoms with E-state index in [0.29, 0.717) is 27.4 Å². The van der Waals surface area contributed by atoms with Crippen LogP contribution in [0.1, 0.15) is 0 Å². The Morgan fingerprint density at radius 3 is 2.80 bits per heavy atom. The minimum Gasteiger partial charge on any atom is -0.310 e. The number of amides is 1. The van der Waals surface area contributed by atoms with Crippen molar-refractivity contribution in [3.05, 3.63) is 53.4 Å². The first-order valence-corrected chi connectivity index (χ1v) is 8.59. The maximum atomic E-state index is 13.9. The predicted octanol–water partition coefficient (Wildman–Crippen LogP) is 3.40. The molecule has 0 bridgehead atoms. The van der Waals surface area contributed by atoms with Crippen LogP contribution >= 0.6 is 23.4 Å². The van der Waals surface area contributed by atoms with Gasteiger partial charge in [-0.1, -0.05) is 35.5 Å². The van der Waals surface area contributed by atoms with Crippen molar-refractivity contribution in [2.75, 3.05) is 11.1 Å². The molecule has 9 heteroatoms. The van der Waals surface area contributed by atoms with E-state index in [9.17, 15) is 9.18 Å². The van der Waals surface area contributed by atoms with Gasteiger partial charge in [0, 0.05) is 13.2 Å². The molecule has 3 aromatic rings. The SMILES string of the molecule is Cn1c(SCC(=O)Nc2ccc(Cl)cn2)nnc1-c1ccccc1F. The fraction of sp³-hybridized carbons (Fsp3) is 0.125. The highest BCUT2D eigenvalue weighted by atomic mass is 35.5. The summed E-state index contributed by atoms with van der Waals surface area (Å²) in [4.78, 5) is 16.0. The minimum atomic E-state index is -0.374. The molecular weight excluding hydrogens is 365 g/mol. The van der Waals surface area contributed by atoms with Crippen LogP contribution in [0.25, 0.3) is 11.4 Å². The van der Waals surface area contributed by atoms with Gasteiger partial charge in [-0.3, -0.25) is 4.79 Å². The first-order chi connectivity index (χ1) is 12.0. The smallest absolute Gasteiger partial charge is 0.236 e. The summed E-state index contributed by atoms with van der Waals surface area (Å²) in [5.41, 5.74) is 0.360. The van der Waals surface area contributed by atoms with Gasteiger partial charge in [0.15, 0.2) is 11.0 Å². The van der Waals surface area contributed by atoms with Crippen molar-refractivity contribution in [1.29, 1.82) is 0 Å². The Kier molecular flexibility index (Phi) is 5.30. The molecule has 0 aliphatic rings. The highest BCUT2D eigenvalue weighted by molar-refractivity contribution is 7.99. The molecule has 1 amide bonds. The van der Waals surface area contributed by atoms with Gasteiger partial charge in [-0.2, -0.15) is 0 Å². The Bertz CT molecular complexity index is 900. The van der Waals surface area contributed by atoms with E-state index in [0.717, 1.165) is 0 Å². The van der Waals surface area contributed by atoms with Crippen molar-refractivity contribution in [2.45, 2.75) is 5.16 Å². The van der Waals surface area contributed by atoms with Gasteiger partial charge in [-0.05, 0) is 24.3 Å². The number of halogens is 2. The number of carbonyl (C=O) groups is 1. The number of rotatable bonds is 5. The number of benzene rings is 1. The summed E-state index contributed by atoms with van der Waals surface area (Å²) in [6, 6.07) is 9.59. The number of anilines is 1. The summed E-state index contributed by atoms with van der Waals surface area (Å²) in [5.74, 6) is 0.324. The van der Waals surface area contributed by atoms with Crippen LogP contribution in [0.3, 0.4) is 0 Å². The van der Waals surface area contributed by atoms with E-state index < -0.39 is 0 Å². The summed E-state index contributed by atoms with van der Waals surface area (Å²) in [6.07, 6.45) is 1.45. The fourth-order valence-electron chi connectivity index (χ4n) is 2.08. The van der Waals surface area contributed by atoms with Crippen LogP contribution in [-0.4, -0.2) is 31.4 Å². The minimum absolute atomic E-state index is 0.119. The van der Waals surface area contributed by atoms with Gasteiger partial charge in [0.2, 0.25) is 5.91 Å². The molecule has 0 atom stereocenters. The maximum absolute atomic E-state index is 13.9. The number of nitrogens with one attached hydrogen (secondary N) is 1. The van der Waals surface area contributed by atoms with Crippen molar-refractivity contribution >= 4 is 35.1 Å². The Balaban J connectivity index is 1.65. The van der Waals surface area contributed by atoms with E-state index in [-0.39, 0.29) is 17.5 Å². The van der Waals surface area contributed by atoms with Crippen molar-refractivity contribution < 1.29 is 9.18 Å². The first kappa shape index (κ1) is 17.4. The molecule has 0 saturated heterocycles. The zero-order valence-electron chi connectivity index (χ0n) is 13.1. The van der Waals surface area contributed by atoms with Gasteiger partial charge in [0.05, 0.1) is 16.3 Å². The van der Waals surface area contributed by atoms with Gasteiger partial charge in [0.1, 0.15) is 11.6 Å². The van der Waals surface area contributed by atoms with Crippen LogP contribution in [0.15, 0.2) is 47.8 Å². The van der Waals surface area contributed by atoms with E-state index in [1.54, 1.807) is 41.9 Å². The lowest BCUT2D eigenvalue weighted by Crippen LogP contribution is -2.15. The second kappa shape index (κ2) is 7.62. The van der Waals surface area contributed by atoms with Gasteiger partial charge < -0.3 is 9.88 Å². The van der Waals surface area contributed by atoms with Gasteiger partial charge in [0.25, 0.3) is 0 Å².